The van der Waals surface area contributed by atoms with Crippen molar-refractivity contribution in [1.29, 1.82) is 0 Å². The van der Waals surface area contributed by atoms with Crippen LogP contribution in [0, 0.1) is 6.92 Å². The molecule has 1 heterocycles. The largest absolute Gasteiger partial charge is 0.481 e. The van der Waals surface area contributed by atoms with Gasteiger partial charge < -0.3 is 9.84 Å². The number of carboxylic acids is 1. The van der Waals surface area contributed by atoms with Crippen LogP contribution in [0.2, 0.25) is 0 Å². The number of esters is 1. The lowest BCUT2D eigenvalue weighted by atomic mass is 10.2. The summed E-state index contributed by atoms with van der Waals surface area (Å²) in [7, 11) is 1.33. The molecule has 0 spiro atoms. The van der Waals surface area contributed by atoms with Gasteiger partial charge in [-0.25, -0.2) is 0 Å². The van der Waals surface area contributed by atoms with Crippen LogP contribution in [0.25, 0.3) is 0 Å². The number of nitrogens with zero attached hydrogens (tertiary/aromatic N) is 2. The van der Waals surface area contributed by atoms with E-state index < -0.39 is 5.97 Å². The maximum absolute atomic E-state index is 10.9. The van der Waals surface area contributed by atoms with Crippen molar-refractivity contribution in [3.63, 3.8) is 0 Å². The Kier molecular flexibility index (Phi) is 4.04. The summed E-state index contributed by atoms with van der Waals surface area (Å²) >= 11 is 0. The molecule has 6 heteroatoms. The molecular formula is C10H14N2O4. The number of carboxylic acid groups (broad SMARTS) is 1. The summed E-state index contributed by atoms with van der Waals surface area (Å²) in [6, 6.07) is 0. The molecule has 0 aliphatic heterocycles. The average molecular weight is 226 g/mol. The van der Waals surface area contributed by atoms with Crippen molar-refractivity contribution < 1.29 is 19.4 Å². The van der Waals surface area contributed by atoms with E-state index in [0.717, 1.165) is 0 Å². The van der Waals surface area contributed by atoms with E-state index in [9.17, 15) is 9.59 Å². The first-order valence-electron chi connectivity index (χ1n) is 4.84. The van der Waals surface area contributed by atoms with Crippen molar-refractivity contribution in [2.45, 2.75) is 26.3 Å². The molecule has 16 heavy (non-hydrogen) atoms. The van der Waals surface area contributed by atoms with Gasteiger partial charge in [0.15, 0.2) is 0 Å². The number of hydrogen-bond donors (Lipinski definition) is 1. The number of aliphatic carboxylic acids is 1. The van der Waals surface area contributed by atoms with Gasteiger partial charge in [0, 0.05) is 11.8 Å². The van der Waals surface area contributed by atoms with Crippen LogP contribution in [-0.2, 0) is 27.3 Å². The maximum atomic E-state index is 10.9. The van der Waals surface area contributed by atoms with Gasteiger partial charge in [-0.05, 0) is 6.92 Å². The molecule has 0 aliphatic carbocycles. The van der Waals surface area contributed by atoms with E-state index in [4.69, 9.17) is 5.11 Å². The Morgan fingerprint density at radius 1 is 1.56 bits per heavy atom. The van der Waals surface area contributed by atoms with E-state index in [1.807, 2.05) is 0 Å². The fourth-order valence-corrected chi connectivity index (χ4v) is 1.32. The highest BCUT2D eigenvalue weighted by Gasteiger charge is 2.09. The van der Waals surface area contributed by atoms with Crippen LogP contribution in [0.1, 0.15) is 17.7 Å². The molecule has 1 aromatic heterocycles. The first kappa shape index (κ1) is 12.2. The molecular weight excluding hydrogens is 212 g/mol. The molecule has 0 unspecified atom stereocenters. The minimum absolute atomic E-state index is 0.0515. The highest BCUT2D eigenvalue weighted by molar-refractivity contribution is 5.70. The lowest BCUT2D eigenvalue weighted by Gasteiger charge is -1.99. The predicted molar refractivity (Wildman–Crippen MR) is 54.9 cm³/mol. The zero-order chi connectivity index (χ0) is 12.1. The summed E-state index contributed by atoms with van der Waals surface area (Å²) in [5.41, 5.74) is 1.34. The van der Waals surface area contributed by atoms with Crippen molar-refractivity contribution in [3.8, 4) is 0 Å². The van der Waals surface area contributed by atoms with Crippen molar-refractivity contribution in [3.05, 3.63) is 17.5 Å². The number of ether oxygens (including phenoxy) is 1. The SMILES string of the molecule is COC(=O)CCn1cc(CC(=O)O)c(C)n1. The lowest BCUT2D eigenvalue weighted by molar-refractivity contribution is -0.141. The van der Waals surface area contributed by atoms with Gasteiger partial charge in [-0.2, -0.15) is 5.10 Å². The van der Waals surface area contributed by atoms with Gasteiger partial charge in [0.2, 0.25) is 0 Å². The number of aromatic nitrogens is 2. The Morgan fingerprint density at radius 3 is 2.81 bits per heavy atom. The van der Waals surface area contributed by atoms with Gasteiger partial charge >= 0.3 is 11.9 Å². The topological polar surface area (TPSA) is 81.4 Å². The van der Waals surface area contributed by atoms with Gasteiger partial charge in [-0.3, -0.25) is 14.3 Å². The smallest absolute Gasteiger partial charge is 0.307 e. The standard InChI is InChI=1S/C10H14N2O4/c1-7-8(5-9(13)14)6-12(11-7)4-3-10(15)16-2/h6H,3-5H2,1-2H3,(H,13,14). The van der Waals surface area contributed by atoms with Gasteiger partial charge in [0.1, 0.15) is 0 Å². The number of aryl methyl sites for hydroxylation is 2. The molecule has 1 aromatic rings. The fourth-order valence-electron chi connectivity index (χ4n) is 1.32. The summed E-state index contributed by atoms with van der Waals surface area (Å²) < 4.78 is 6.06. The monoisotopic (exact) mass is 226 g/mol. The Labute approximate surface area is 92.8 Å². The second-order valence-electron chi connectivity index (χ2n) is 3.40. The zero-order valence-electron chi connectivity index (χ0n) is 9.27. The van der Waals surface area contributed by atoms with E-state index >= 15 is 0 Å². The zero-order valence-corrected chi connectivity index (χ0v) is 9.27. The summed E-state index contributed by atoms with van der Waals surface area (Å²) in [5.74, 6) is -1.21. The molecule has 0 radical (unpaired) electrons. The summed E-state index contributed by atoms with van der Waals surface area (Å²) in [6.07, 6.45) is 1.82. The predicted octanol–water partition coefficient (Wildman–Crippen LogP) is 0.382. The molecule has 0 aliphatic rings. The Morgan fingerprint density at radius 2 is 2.25 bits per heavy atom. The lowest BCUT2D eigenvalue weighted by Crippen LogP contribution is -2.07. The Hall–Kier alpha value is -1.85. The molecule has 1 rings (SSSR count). The van der Waals surface area contributed by atoms with Crippen LogP contribution in [0.4, 0.5) is 0 Å². The summed E-state index contributed by atoms with van der Waals surface area (Å²) in [5, 5.41) is 12.8. The first-order chi connectivity index (χ1) is 7.52. The van der Waals surface area contributed by atoms with Crippen LogP contribution in [0.3, 0.4) is 0 Å². The molecule has 0 saturated heterocycles. The minimum atomic E-state index is -0.893. The average Bonchev–Trinajstić information content (AvgIpc) is 2.55. The second-order valence-corrected chi connectivity index (χ2v) is 3.40. The van der Waals surface area contributed by atoms with Crippen molar-refractivity contribution in [2.75, 3.05) is 7.11 Å². The molecule has 0 atom stereocenters. The van der Waals surface area contributed by atoms with E-state index in [-0.39, 0.29) is 18.8 Å². The molecule has 1 N–H and O–H groups in total. The van der Waals surface area contributed by atoms with Crippen molar-refractivity contribution in [1.82, 2.24) is 9.78 Å². The normalized spacial score (nSPS) is 10.1. The van der Waals surface area contributed by atoms with Gasteiger partial charge in [0.25, 0.3) is 0 Å². The molecule has 0 fully saturated rings. The van der Waals surface area contributed by atoms with Crippen LogP contribution in [0.15, 0.2) is 6.20 Å². The minimum Gasteiger partial charge on any atom is -0.481 e. The van der Waals surface area contributed by atoms with Gasteiger partial charge in [0.05, 0.1) is 32.2 Å². The molecule has 0 bridgehead atoms. The van der Waals surface area contributed by atoms with E-state index in [2.05, 4.69) is 9.84 Å². The summed E-state index contributed by atoms with van der Waals surface area (Å²) in [4.78, 5) is 21.4. The van der Waals surface area contributed by atoms with E-state index in [1.165, 1.54) is 7.11 Å². The fraction of sp³-hybridized carbons (Fsp3) is 0.500. The van der Waals surface area contributed by atoms with Crippen molar-refractivity contribution >= 4 is 11.9 Å². The van der Waals surface area contributed by atoms with Gasteiger partial charge in [-0.1, -0.05) is 0 Å². The molecule has 88 valence electrons. The third-order valence-electron chi connectivity index (χ3n) is 2.16. The first-order valence-corrected chi connectivity index (χ1v) is 4.84. The Bertz CT molecular complexity index is 398. The van der Waals surface area contributed by atoms with Crippen LogP contribution >= 0.6 is 0 Å². The van der Waals surface area contributed by atoms with Crippen LogP contribution < -0.4 is 0 Å². The molecule has 6 nitrogen and oxygen atoms in total. The number of rotatable bonds is 5. The van der Waals surface area contributed by atoms with Gasteiger partial charge in [-0.15, -0.1) is 0 Å². The second kappa shape index (κ2) is 5.29. The number of methoxy groups -OCH3 is 1. The number of hydrogen-bond acceptors (Lipinski definition) is 4. The third kappa shape index (κ3) is 3.38. The highest BCUT2D eigenvalue weighted by Crippen LogP contribution is 2.07. The van der Waals surface area contributed by atoms with Crippen LogP contribution in [-0.4, -0.2) is 33.9 Å². The van der Waals surface area contributed by atoms with E-state index in [1.54, 1.807) is 17.8 Å². The molecule has 0 amide bonds. The molecule has 0 saturated carbocycles. The Balaban J connectivity index is 2.62. The number of carbonyl (C=O) groups excluding carboxylic acids is 1. The quantitative estimate of drug-likeness (QED) is 0.734. The van der Waals surface area contributed by atoms with E-state index in [0.29, 0.717) is 17.8 Å². The van der Waals surface area contributed by atoms with Crippen molar-refractivity contribution in [2.24, 2.45) is 0 Å². The molecule has 0 aromatic carbocycles. The highest BCUT2D eigenvalue weighted by atomic mass is 16.5. The van der Waals surface area contributed by atoms with Crippen LogP contribution in [0.5, 0.6) is 0 Å². The summed E-state index contributed by atoms with van der Waals surface area (Å²) in [6.45, 7) is 2.14. The third-order valence-corrected chi connectivity index (χ3v) is 2.16. The number of carbonyl (C=O) groups is 2. The maximum Gasteiger partial charge on any atom is 0.307 e.